The molecule has 2 aromatic heterocycles. The Morgan fingerprint density at radius 1 is 1.02 bits per heavy atom. The van der Waals surface area contributed by atoms with Gasteiger partial charge in [-0.05, 0) is 60.4 Å². The zero-order chi connectivity index (χ0) is 31.5. The van der Waals surface area contributed by atoms with Crippen LogP contribution in [-0.2, 0) is 4.79 Å². The monoisotopic (exact) mass is 607 g/mol. The summed E-state index contributed by atoms with van der Waals surface area (Å²) in [7, 11) is 5.36. The van der Waals surface area contributed by atoms with Gasteiger partial charge < -0.3 is 9.64 Å². The lowest BCUT2D eigenvalue weighted by Crippen LogP contribution is -2.39. The Balaban J connectivity index is 1.44. The van der Waals surface area contributed by atoms with Crippen molar-refractivity contribution in [3.8, 4) is 5.88 Å². The zero-order valence-corrected chi connectivity index (χ0v) is 24.7. The minimum atomic E-state index is -4.50. The van der Waals surface area contributed by atoms with E-state index in [1.54, 1.807) is 74.8 Å². The van der Waals surface area contributed by atoms with E-state index in [9.17, 15) is 22.4 Å². The lowest BCUT2D eigenvalue weighted by atomic mass is 9.88. The molecule has 1 N–H and O–H groups in total. The molecule has 1 amide bonds. The van der Waals surface area contributed by atoms with Gasteiger partial charge in [-0.3, -0.25) is 14.8 Å². The van der Waals surface area contributed by atoms with E-state index >= 15 is 0 Å². The van der Waals surface area contributed by atoms with Crippen molar-refractivity contribution in [2.24, 2.45) is 0 Å². The molecule has 7 nitrogen and oxygen atoms in total. The fourth-order valence-corrected chi connectivity index (χ4v) is 5.08. The Kier molecular flexibility index (Phi) is 8.87. The van der Waals surface area contributed by atoms with Gasteiger partial charge in [-0.25, -0.2) is 4.98 Å². The number of hydrogen-bond donors (Lipinski definition) is 1. The highest BCUT2D eigenvalue weighted by Crippen LogP contribution is 2.42. The second-order valence-electron chi connectivity index (χ2n) is 11.2. The molecule has 0 unspecified atom stereocenters. The summed E-state index contributed by atoms with van der Waals surface area (Å²) >= 11 is 0. The molecule has 0 bridgehead atoms. The first-order valence-electron chi connectivity index (χ1n) is 14.1. The Labute approximate surface area is 252 Å². The summed E-state index contributed by atoms with van der Waals surface area (Å²) in [6.45, 7) is 0.945. The van der Waals surface area contributed by atoms with Crippen molar-refractivity contribution < 1.29 is 27.1 Å². The number of rotatable bonds is 11. The van der Waals surface area contributed by atoms with Crippen molar-refractivity contribution >= 4 is 28.0 Å². The molecule has 4 aromatic rings. The van der Waals surface area contributed by atoms with E-state index in [4.69, 9.17) is 4.74 Å². The maximum Gasteiger partial charge on any atom is 0.393 e. The number of fused-ring (bicyclic) bond motifs is 1. The molecule has 44 heavy (non-hydrogen) atoms. The molecule has 5 rings (SSSR count). The van der Waals surface area contributed by atoms with Gasteiger partial charge in [-0.2, -0.15) is 17.6 Å². The van der Waals surface area contributed by atoms with Crippen LogP contribution in [-0.4, -0.2) is 76.9 Å². The fraction of sp³-hybridized carbons (Fsp3) is 0.303. The Morgan fingerprint density at radius 2 is 1.75 bits per heavy atom. The second kappa shape index (κ2) is 12.6. The maximum absolute atomic E-state index is 14.4. The number of amides is 1. The topological polar surface area (TPSA) is 74.3 Å². The van der Waals surface area contributed by atoms with Crippen molar-refractivity contribution in [3.63, 3.8) is 0 Å². The summed E-state index contributed by atoms with van der Waals surface area (Å²) in [4.78, 5) is 19.9. The van der Waals surface area contributed by atoms with Crippen LogP contribution in [0.3, 0.4) is 0 Å². The number of hydrogen-bond acceptors (Lipinski definition) is 5. The molecule has 1 fully saturated rings. The number of nitrogens with one attached hydrogen (secondary N) is 1. The van der Waals surface area contributed by atoms with Crippen molar-refractivity contribution in [1.82, 2.24) is 25.0 Å². The smallest absolute Gasteiger partial charge is 0.393 e. The van der Waals surface area contributed by atoms with E-state index in [-0.39, 0.29) is 28.0 Å². The lowest BCUT2D eigenvalue weighted by Gasteiger charge is -2.26. The molecule has 0 spiro atoms. The van der Waals surface area contributed by atoms with Crippen LogP contribution in [0.5, 0.6) is 5.88 Å². The summed E-state index contributed by atoms with van der Waals surface area (Å²) in [6.07, 6.45) is 1.00. The molecular formula is C33H33F4N5O2. The number of aromatic nitrogens is 3. The predicted molar refractivity (Wildman–Crippen MR) is 161 cm³/mol. The molecule has 0 saturated heterocycles. The minimum Gasteiger partial charge on any atom is -0.476 e. The van der Waals surface area contributed by atoms with Gasteiger partial charge in [0.2, 0.25) is 17.7 Å². The first-order chi connectivity index (χ1) is 21.0. The maximum atomic E-state index is 14.4. The van der Waals surface area contributed by atoms with Crippen LogP contribution in [0.25, 0.3) is 22.0 Å². The van der Waals surface area contributed by atoms with Gasteiger partial charge in [-0.15, -0.1) is 5.10 Å². The third kappa shape index (κ3) is 7.16. The van der Waals surface area contributed by atoms with E-state index in [2.05, 4.69) is 20.1 Å². The summed E-state index contributed by atoms with van der Waals surface area (Å²) in [5.41, 5.74) is 1.79. The Bertz CT molecular complexity index is 1670. The highest BCUT2D eigenvalue weighted by molar-refractivity contribution is 6.00. The van der Waals surface area contributed by atoms with Crippen molar-refractivity contribution in [2.75, 3.05) is 34.3 Å². The number of H-pyrrole nitrogens is 1. The molecule has 1 aliphatic rings. The van der Waals surface area contributed by atoms with E-state index in [1.165, 1.54) is 17.2 Å². The number of aromatic amines is 1. The average molecular weight is 608 g/mol. The van der Waals surface area contributed by atoms with Crippen molar-refractivity contribution in [1.29, 1.82) is 0 Å². The number of carbonyl (C=O) groups excluding carboxylic acids is 1. The predicted octanol–water partition coefficient (Wildman–Crippen LogP) is 6.50. The normalized spacial score (nSPS) is 15.1. The molecule has 11 heteroatoms. The number of ether oxygens (including phenoxy) is 1. The third-order valence-electron chi connectivity index (χ3n) is 7.84. The number of carbonyl (C=O) groups is 1. The quantitative estimate of drug-likeness (QED) is 0.120. The van der Waals surface area contributed by atoms with Gasteiger partial charge in [0.05, 0.1) is 22.9 Å². The van der Waals surface area contributed by atoms with Crippen molar-refractivity contribution in [2.45, 2.75) is 31.0 Å². The average Bonchev–Trinajstić information content (AvgIpc) is 3.72. The van der Waals surface area contributed by atoms with E-state index in [0.29, 0.717) is 41.2 Å². The summed E-state index contributed by atoms with van der Waals surface area (Å²) in [5, 5.41) is 6.35. The van der Waals surface area contributed by atoms with Crippen LogP contribution in [0.1, 0.15) is 36.0 Å². The van der Waals surface area contributed by atoms with Gasteiger partial charge in [-0.1, -0.05) is 42.5 Å². The fourth-order valence-electron chi connectivity index (χ4n) is 5.08. The van der Waals surface area contributed by atoms with Gasteiger partial charge in [0.25, 0.3) is 0 Å². The summed E-state index contributed by atoms with van der Waals surface area (Å²) < 4.78 is 62.4. The molecule has 0 radical (unpaired) electrons. The molecule has 230 valence electrons. The van der Waals surface area contributed by atoms with Crippen LogP contribution >= 0.6 is 0 Å². The number of allylic oxidation sites excluding steroid dienone is 1. The number of nitrogens with zero attached hydrogens (tertiary/aromatic N) is 4. The summed E-state index contributed by atoms with van der Waals surface area (Å²) in [5.74, 6) is -0.490. The second-order valence-corrected chi connectivity index (χ2v) is 11.2. The van der Waals surface area contributed by atoms with Crippen LogP contribution in [0.2, 0.25) is 0 Å². The first-order valence-corrected chi connectivity index (χ1v) is 14.1. The molecule has 1 aliphatic carbocycles. The third-order valence-corrected chi connectivity index (χ3v) is 7.84. The van der Waals surface area contributed by atoms with Crippen LogP contribution in [0.4, 0.5) is 17.6 Å². The lowest BCUT2D eigenvalue weighted by molar-refractivity contribution is -0.124. The first kappa shape index (κ1) is 30.9. The molecule has 2 aromatic carbocycles. The minimum absolute atomic E-state index is 0.0381. The van der Waals surface area contributed by atoms with Crippen molar-refractivity contribution in [3.05, 3.63) is 102 Å². The van der Waals surface area contributed by atoms with Gasteiger partial charge in [0, 0.05) is 44.5 Å². The Hall–Kier alpha value is -4.51. The zero-order valence-electron chi connectivity index (χ0n) is 24.7. The van der Waals surface area contributed by atoms with Gasteiger partial charge >= 0.3 is 6.18 Å². The number of halogens is 4. The molecular weight excluding hydrogens is 574 g/mol. The number of pyridine rings is 1. The standard InChI is InChI=1S/C33H33F4N5O2/c1-41(2)29(43)10-7-17-42(3)32(15-16-32)21-44-28-14-12-24(20-38-28)30(23-11-13-27-25(18-23)31(34)40-39-27)26(19-33(35,36)37)22-8-5-4-6-9-22/h4-14,18,20H,15-17,19,21H2,1-3H3,(H,39,40)/b10-7+,30-26-. The van der Waals surface area contributed by atoms with Crippen LogP contribution in [0.15, 0.2) is 79.0 Å². The van der Waals surface area contributed by atoms with Crippen LogP contribution < -0.4 is 4.74 Å². The van der Waals surface area contributed by atoms with E-state index in [1.807, 2.05) is 13.1 Å². The number of benzene rings is 2. The molecule has 0 atom stereocenters. The highest BCUT2D eigenvalue weighted by atomic mass is 19.4. The molecule has 2 heterocycles. The van der Waals surface area contributed by atoms with Gasteiger partial charge in [0.1, 0.15) is 6.61 Å². The largest absolute Gasteiger partial charge is 0.476 e. The number of likely N-dealkylation sites (N-methyl/N-ethyl adjacent to an activating group) is 2. The molecule has 1 saturated carbocycles. The Morgan fingerprint density at radius 3 is 2.39 bits per heavy atom. The molecule has 0 aliphatic heterocycles. The van der Waals surface area contributed by atoms with E-state index < -0.39 is 18.5 Å². The van der Waals surface area contributed by atoms with Gasteiger partial charge in [0.15, 0.2) is 0 Å². The summed E-state index contributed by atoms with van der Waals surface area (Å²) in [6, 6.07) is 16.4. The van der Waals surface area contributed by atoms with Crippen LogP contribution in [0, 0.1) is 5.95 Å². The highest BCUT2D eigenvalue weighted by Gasteiger charge is 2.47. The SMILES string of the molecule is CN(C)C(=O)/C=C/CN(C)C1(COc2ccc(/C(=C(/CC(F)(F)F)c3ccccc3)c3ccc4[nH]nc(F)c4c3)cn2)CC1. The number of alkyl halides is 3. The van der Waals surface area contributed by atoms with E-state index in [0.717, 1.165) is 12.8 Å².